The molecule has 0 heterocycles. The van der Waals surface area contributed by atoms with Crippen LogP contribution in [0.2, 0.25) is 5.02 Å². The lowest BCUT2D eigenvalue weighted by Crippen LogP contribution is -1.92. The molecule has 0 aliphatic rings. The van der Waals surface area contributed by atoms with Crippen molar-refractivity contribution in [1.82, 2.24) is 0 Å². The molecule has 0 unspecified atom stereocenters. The summed E-state index contributed by atoms with van der Waals surface area (Å²) < 4.78 is 0. The number of aryl methyl sites for hydroxylation is 1. The first kappa shape index (κ1) is 21.2. The molecular formula is C18H29ClO. The first-order valence-electron chi connectivity index (χ1n) is 7.25. The molecule has 0 atom stereocenters. The van der Waals surface area contributed by atoms with E-state index < -0.39 is 0 Å². The van der Waals surface area contributed by atoms with Crippen molar-refractivity contribution in [2.75, 3.05) is 0 Å². The van der Waals surface area contributed by atoms with Crippen LogP contribution in [0.15, 0.2) is 24.3 Å². The van der Waals surface area contributed by atoms with E-state index in [1.54, 1.807) is 0 Å². The highest BCUT2D eigenvalue weighted by atomic mass is 35.5. The van der Waals surface area contributed by atoms with Crippen LogP contribution < -0.4 is 0 Å². The van der Waals surface area contributed by atoms with Gasteiger partial charge in [0, 0.05) is 5.02 Å². The van der Waals surface area contributed by atoms with Gasteiger partial charge in [-0.3, -0.25) is 0 Å². The molecule has 1 aromatic rings. The minimum absolute atomic E-state index is 0.735. The van der Waals surface area contributed by atoms with Gasteiger partial charge >= 0.3 is 0 Å². The minimum Gasteiger partial charge on any atom is -0.307 e. The van der Waals surface area contributed by atoms with Gasteiger partial charge in [-0.15, -0.1) is 0 Å². The van der Waals surface area contributed by atoms with E-state index in [9.17, 15) is 0 Å². The molecule has 0 N–H and O–H groups in total. The Morgan fingerprint density at radius 2 is 1.85 bits per heavy atom. The normalized spacial score (nSPS) is 10.3. The SMILES string of the molecule is C/C=C(\CCC(C)C)c1ccc(C)cc1Cl.C=O.CC. The van der Waals surface area contributed by atoms with Crippen molar-refractivity contribution in [2.45, 2.75) is 54.4 Å². The fourth-order valence-corrected chi connectivity index (χ4v) is 2.12. The van der Waals surface area contributed by atoms with Gasteiger partial charge in [-0.25, -0.2) is 0 Å². The van der Waals surface area contributed by atoms with E-state index in [0.29, 0.717) is 0 Å². The summed E-state index contributed by atoms with van der Waals surface area (Å²) in [6.07, 6.45) is 4.50. The topological polar surface area (TPSA) is 17.1 Å². The van der Waals surface area contributed by atoms with Crippen LogP contribution in [0.25, 0.3) is 5.57 Å². The van der Waals surface area contributed by atoms with Gasteiger partial charge in [-0.05, 0) is 55.4 Å². The summed E-state index contributed by atoms with van der Waals surface area (Å²) in [7, 11) is 0. The highest BCUT2D eigenvalue weighted by molar-refractivity contribution is 6.32. The molecule has 0 saturated heterocycles. The van der Waals surface area contributed by atoms with Crippen molar-refractivity contribution < 1.29 is 4.79 Å². The van der Waals surface area contributed by atoms with Gasteiger partial charge in [-0.2, -0.15) is 0 Å². The third-order valence-electron chi connectivity index (χ3n) is 2.81. The predicted octanol–water partition coefficient (Wildman–Crippen LogP) is 6.33. The largest absolute Gasteiger partial charge is 0.307 e. The van der Waals surface area contributed by atoms with E-state index in [-0.39, 0.29) is 0 Å². The van der Waals surface area contributed by atoms with Crippen LogP contribution in [0.5, 0.6) is 0 Å². The number of carbonyl (C=O) groups is 1. The van der Waals surface area contributed by atoms with E-state index in [1.165, 1.54) is 23.1 Å². The van der Waals surface area contributed by atoms with Crippen molar-refractivity contribution in [3.63, 3.8) is 0 Å². The van der Waals surface area contributed by atoms with E-state index in [1.807, 2.05) is 26.7 Å². The van der Waals surface area contributed by atoms with Gasteiger partial charge in [0.15, 0.2) is 0 Å². The molecule has 20 heavy (non-hydrogen) atoms. The van der Waals surface area contributed by atoms with E-state index in [4.69, 9.17) is 16.4 Å². The Balaban J connectivity index is 0. The Morgan fingerprint density at radius 1 is 1.30 bits per heavy atom. The third kappa shape index (κ3) is 8.16. The van der Waals surface area contributed by atoms with Crippen molar-refractivity contribution in [3.8, 4) is 0 Å². The number of carbonyl (C=O) groups excluding carboxylic acids is 1. The van der Waals surface area contributed by atoms with Crippen LogP contribution in [0.3, 0.4) is 0 Å². The lowest BCUT2D eigenvalue weighted by Gasteiger charge is -2.11. The summed E-state index contributed by atoms with van der Waals surface area (Å²) in [5, 5.41) is 0.872. The van der Waals surface area contributed by atoms with Gasteiger partial charge in [-0.1, -0.05) is 57.5 Å². The zero-order chi connectivity index (χ0) is 16.1. The van der Waals surface area contributed by atoms with Gasteiger partial charge in [0.05, 0.1) is 0 Å². The first-order chi connectivity index (χ1) is 9.54. The van der Waals surface area contributed by atoms with Crippen LogP contribution in [-0.2, 0) is 4.79 Å². The number of halogens is 1. The Bertz CT molecular complexity index is 394. The van der Waals surface area contributed by atoms with Crippen LogP contribution in [-0.4, -0.2) is 6.79 Å². The highest BCUT2D eigenvalue weighted by Crippen LogP contribution is 2.29. The highest BCUT2D eigenvalue weighted by Gasteiger charge is 2.06. The maximum atomic E-state index is 8.00. The van der Waals surface area contributed by atoms with Crippen molar-refractivity contribution in [2.24, 2.45) is 5.92 Å². The number of hydrogen-bond donors (Lipinski definition) is 0. The molecule has 0 fully saturated rings. The summed E-state index contributed by atoms with van der Waals surface area (Å²) in [5.74, 6) is 0.735. The minimum atomic E-state index is 0.735. The Hall–Kier alpha value is -1.08. The maximum Gasteiger partial charge on any atom is 0.106 e. The molecule has 0 radical (unpaired) electrons. The van der Waals surface area contributed by atoms with E-state index >= 15 is 0 Å². The summed E-state index contributed by atoms with van der Waals surface area (Å²) in [5.41, 5.74) is 3.77. The summed E-state index contributed by atoms with van der Waals surface area (Å²) in [6, 6.07) is 6.29. The van der Waals surface area contributed by atoms with Crippen LogP contribution in [0.1, 0.15) is 58.6 Å². The molecule has 0 aliphatic heterocycles. The summed E-state index contributed by atoms with van der Waals surface area (Å²) in [4.78, 5) is 8.00. The lowest BCUT2D eigenvalue weighted by atomic mass is 9.96. The van der Waals surface area contributed by atoms with E-state index in [0.717, 1.165) is 17.4 Å². The molecule has 0 amide bonds. The van der Waals surface area contributed by atoms with Crippen LogP contribution in [0, 0.1) is 12.8 Å². The van der Waals surface area contributed by atoms with Gasteiger partial charge in [0.1, 0.15) is 6.79 Å². The second-order valence-corrected chi connectivity index (χ2v) is 5.14. The van der Waals surface area contributed by atoms with Gasteiger partial charge in [0.2, 0.25) is 0 Å². The second kappa shape index (κ2) is 12.9. The smallest absolute Gasteiger partial charge is 0.106 e. The second-order valence-electron chi connectivity index (χ2n) is 4.73. The van der Waals surface area contributed by atoms with Crippen molar-refractivity contribution in [3.05, 3.63) is 40.4 Å². The Kier molecular flexibility index (Phi) is 13.7. The van der Waals surface area contributed by atoms with Gasteiger partial charge in [0.25, 0.3) is 0 Å². The predicted molar refractivity (Wildman–Crippen MR) is 92.4 cm³/mol. The third-order valence-corrected chi connectivity index (χ3v) is 3.12. The number of hydrogen-bond acceptors (Lipinski definition) is 1. The molecule has 0 spiro atoms. The zero-order valence-corrected chi connectivity index (χ0v) is 14.6. The van der Waals surface area contributed by atoms with E-state index in [2.05, 4.69) is 45.9 Å². The Morgan fingerprint density at radius 3 is 2.25 bits per heavy atom. The zero-order valence-electron chi connectivity index (χ0n) is 13.8. The molecule has 0 aromatic heterocycles. The first-order valence-corrected chi connectivity index (χ1v) is 7.63. The average molecular weight is 297 g/mol. The van der Waals surface area contributed by atoms with Crippen molar-refractivity contribution >= 4 is 24.0 Å². The number of benzene rings is 1. The number of rotatable bonds is 4. The quantitative estimate of drug-likeness (QED) is 0.634. The van der Waals surface area contributed by atoms with Crippen molar-refractivity contribution in [1.29, 1.82) is 0 Å². The molecule has 0 bridgehead atoms. The lowest BCUT2D eigenvalue weighted by molar-refractivity contribution is -0.0979. The summed E-state index contributed by atoms with van der Waals surface area (Å²) >= 11 is 6.28. The molecular weight excluding hydrogens is 268 g/mol. The molecule has 0 saturated carbocycles. The van der Waals surface area contributed by atoms with Crippen LogP contribution in [0.4, 0.5) is 0 Å². The summed E-state index contributed by atoms with van der Waals surface area (Å²) in [6.45, 7) is 14.7. The molecule has 1 nitrogen and oxygen atoms in total. The fourth-order valence-electron chi connectivity index (χ4n) is 1.76. The average Bonchev–Trinajstić information content (AvgIpc) is 2.45. The standard InChI is InChI=1S/C15H21Cl.C2H6.CH2O/c1-5-13(8-6-11(2)3)14-9-7-12(4)10-15(14)16;2*1-2/h5,7,9-11H,6,8H2,1-4H3;1-2H3;1H2/b13-5+;;. The van der Waals surface area contributed by atoms with Crippen LogP contribution >= 0.6 is 11.6 Å². The maximum absolute atomic E-state index is 8.00. The molecule has 2 heteroatoms. The molecule has 114 valence electrons. The molecule has 1 aromatic carbocycles. The Labute approximate surface area is 130 Å². The fraction of sp³-hybridized carbons (Fsp3) is 0.500. The molecule has 0 aliphatic carbocycles. The number of allylic oxidation sites excluding steroid dienone is 2. The monoisotopic (exact) mass is 296 g/mol. The van der Waals surface area contributed by atoms with Gasteiger partial charge < -0.3 is 4.79 Å². The molecule has 1 rings (SSSR count).